The third-order valence-corrected chi connectivity index (χ3v) is 5.45. The number of nitrogens with one attached hydrogen (secondary N) is 1. The number of amides is 1. The fourth-order valence-electron chi connectivity index (χ4n) is 4.33. The van der Waals surface area contributed by atoms with E-state index in [4.69, 9.17) is 4.74 Å². The van der Waals surface area contributed by atoms with E-state index in [1.807, 2.05) is 24.3 Å². The fraction of sp³-hybridized carbons (Fsp3) is 0.556. The van der Waals surface area contributed by atoms with E-state index < -0.39 is 17.8 Å². The van der Waals surface area contributed by atoms with Gasteiger partial charge in [0.25, 0.3) is 0 Å². The number of carbonyl (C=O) groups excluding carboxylic acids is 1. The number of rotatable bonds is 5. The summed E-state index contributed by atoms with van der Waals surface area (Å²) in [6, 6.07) is 7.53. The predicted molar refractivity (Wildman–Crippen MR) is 84.9 cm³/mol. The summed E-state index contributed by atoms with van der Waals surface area (Å²) in [6.45, 7) is 0.364. The number of benzene rings is 1. The first-order valence-electron chi connectivity index (χ1n) is 8.24. The lowest BCUT2D eigenvalue weighted by atomic mass is 9.58. The van der Waals surface area contributed by atoms with Gasteiger partial charge >= 0.3 is 5.97 Å². The van der Waals surface area contributed by atoms with E-state index in [0.717, 1.165) is 37.0 Å². The van der Waals surface area contributed by atoms with Crippen molar-refractivity contribution in [1.29, 1.82) is 0 Å². The third kappa shape index (κ3) is 3.05. The molecule has 0 aliphatic heterocycles. The maximum absolute atomic E-state index is 12.7. The quantitative estimate of drug-likeness (QED) is 0.874. The van der Waals surface area contributed by atoms with Crippen molar-refractivity contribution < 1.29 is 19.4 Å². The maximum atomic E-state index is 12.7. The normalized spacial score (nSPS) is 29.1. The van der Waals surface area contributed by atoms with Gasteiger partial charge in [0.15, 0.2) is 0 Å². The monoisotopic (exact) mass is 317 g/mol. The van der Waals surface area contributed by atoms with Gasteiger partial charge in [-0.05, 0) is 43.6 Å². The lowest BCUT2D eigenvalue weighted by molar-refractivity contribution is -0.158. The van der Waals surface area contributed by atoms with E-state index in [2.05, 4.69) is 5.32 Å². The highest BCUT2D eigenvalue weighted by molar-refractivity contribution is 5.85. The zero-order chi connectivity index (χ0) is 16.4. The Hall–Kier alpha value is -2.04. The van der Waals surface area contributed by atoms with Crippen LogP contribution in [0.4, 0.5) is 0 Å². The van der Waals surface area contributed by atoms with Gasteiger partial charge in [0, 0.05) is 12.1 Å². The average molecular weight is 317 g/mol. The highest BCUT2D eigenvalue weighted by Crippen LogP contribution is 2.49. The number of aliphatic carboxylic acids is 1. The molecule has 3 saturated carbocycles. The third-order valence-electron chi connectivity index (χ3n) is 5.45. The molecule has 0 radical (unpaired) electrons. The second-order valence-electron chi connectivity index (χ2n) is 6.59. The van der Waals surface area contributed by atoms with Gasteiger partial charge in [-0.2, -0.15) is 0 Å². The largest absolute Gasteiger partial charge is 0.496 e. The van der Waals surface area contributed by atoms with Crippen molar-refractivity contribution in [3.8, 4) is 5.75 Å². The minimum atomic E-state index is -0.822. The highest BCUT2D eigenvalue weighted by atomic mass is 16.5. The Morgan fingerprint density at radius 1 is 1.13 bits per heavy atom. The van der Waals surface area contributed by atoms with Crippen molar-refractivity contribution in [3.05, 3.63) is 29.8 Å². The van der Waals surface area contributed by atoms with E-state index in [-0.39, 0.29) is 17.7 Å². The van der Waals surface area contributed by atoms with E-state index in [9.17, 15) is 14.7 Å². The Morgan fingerprint density at radius 2 is 1.74 bits per heavy atom. The van der Waals surface area contributed by atoms with Gasteiger partial charge in [0.2, 0.25) is 5.91 Å². The van der Waals surface area contributed by atoms with E-state index >= 15 is 0 Å². The Labute approximate surface area is 136 Å². The molecule has 0 heterocycles. The number of carbonyl (C=O) groups is 2. The van der Waals surface area contributed by atoms with Crippen molar-refractivity contribution in [2.45, 2.75) is 32.2 Å². The second kappa shape index (κ2) is 6.60. The molecule has 124 valence electrons. The minimum absolute atomic E-state index is 0.127. The molecular weight excluding hydrogens is 294 g/mol. The van der Waals surface area contributed by atoms with Crippen LogP contribution < -0.4 is 10.1 Å². The molecule has 2 bridgehead atoms. The average Bonchev–Trinajstić information content (AvgIpc) is 2.59. The molecule has 2 atom stereocenters. The smallest absolute Gasteiger partial charge is 0.307 e. The summed E-state index contributed by atoms with van der Waals surface area (Å²) < 4.78 is 5.29. The van der Waals surface area contributed by atoms with Crippen LogP contribution in [0.5, 0.6) is 5.75 Å². The molecule has 0 unspecified atom stereocenters. The Morgan fingerprint density at radius 3 is 2.35 bits per heavy atom. The SMILES string of the molecule is COc1ccccc1CNC(=O)[C@H]1C2CCC(CC2)[C@@H]1C(=O)O. The lowest BCUT2D eigenvalue weighted by Crippen LogP contribution is -2.50. The standard InChI is InChI=1S/C18H23NO4/c1-23-14-5-3-2-4-13(14)10-19-17(20)15-11-6-8-12(9-7-11)16(15)18(21)22/h2-5,11-12,15-16H,6-10H2,1H3,(H,19,20)(H,21,22)/t11?,12?,15-,16-/m0/s1. The predicted octanol–water partition coefficient (Wildman–Crippen LogP) is 2.45. The van der Waals surface area contributed by atoms with Gasteiger partial charge in [-0.1, -0.05) is 18.2 Å². The zero-order valence-corrected chi connectivity index (χ0v) is 13.3. The van der Waals surface area contributed by atoms with Crippen molar-refractivity contribution in [3.63, 3.8) is 0 Å². The second-order valence-corrected chi connectivity index (χ2v) is 6.59. The van der Waals surface area contributed by atoms with Crippen molar-refractivity contribution in [2.75, 3.05) is 7.11 Å². The molecule has 2 N–H and O–H groups in total. The van der Waals surface area contributed by atoms with Gasteiger partial charge < -0.3 is 15.2 Å². The van der Waals surface area contributed by atoms with E-state index in [1.165, 1.54) is 0 Å². The molecule has 3 aliphatic rings. The number of fused-ring (bicyclic) bond motifs is 3. The summed E-state index contributed by atoms with van der Waals surface area (Å²) in [6.07, 6.45) is 3.83. The van der Waals surface area contributed by atoms with Crippen LogP contribution in [-0.2, 0) is 16.1 Å². The molecule has 1 aromatic rings. The molecule has 0 aromatic heterocycles. The fourth-order valence-corrected chi connectivity index (χ4v) is 4.33. The summed E-state index contributed by atoms with van der Waals surface area (Å²) in [7, 11) is 1.60. The summed E-state index contributed by atoms with van der Waals surface area (Å²) in [5, 5.41) is 12.5. The molecule has 1 amide bonds. The minimum Gasteiger partial charge on any atom is -0.496 e. The zero-order valence-electron chi connectivity index (χ0n) is 13.3. The number of hydrogen-bond acceptors (Lipinski definition) is 3. The highest BCUT2D eigenvalue weighted by Gasteiger charge is 2.50. The number of ether oxygens (including phenoxy) is 1. The van der Waals surface area contributed by atoms with Crippen molar-refractivity contribution in [1.82, 2.24) is 5.32 Å². The van der Waals surface area contributed by atoms with Crippen molar-refractivity contribution in [2.24, 2.45) is 23.7 Å². The van der Waals surface area contributed by atoms with Crippen LogP contribution in [0, 0.1) is 23.7 Å². The van der Waals surface area contributed by atoms with Crippen LogP contribution >= 0.6 is 0 Å². The molecule has 5 heteroatoms. The Kier molecular flexibility index (Phi) is 4.55. The molecule has 5 nitrogen and oxygen atoms in total. The van der Waals surface area contributed by atoms with Gasteiger partial charge in [0.1, 0.15) is 5.75 Å². The van der Waals surface area contributed by atoms with Gasteiger partial charge in [0.05, 0.1) is 18.9 Å². The molecule has 4 rings (SSSR count). The van der Waals surface area contributed by atoms with Gasteiger partial charge in [-0.15, -0.1) is 0 Å². The molecule has 1 aromatic carbocycles. The van der Waals surface area contributed by atoms with Gasteiger partial charge in [-0.3, -0.25) is 9.59 Å². The van der Waals surface area contributed by atoms with Crippen molar-refractivity contribution >= 4 is 11.9 Å². The maximum Gasteiger partial charge on any atom is 0.307 e. The molecular formula is C18H23NO4. The lowest BCUT2D eigenvalue weighted by Gasteiger charge is -2.45. The summed E-state index contributed by atoms with van der Waals surface area (Å²) in [4.78, 5) is 24.3. The number of carboxylic acids is 1. The Balaban J connectivity index is 1.70. The summed E-state index contributed by atoms with van der Waals surface area (Å²) in [5.74, 6) is -0.782. The van der Waals surface area contributed by atoms with Crippen LogP contribution in [0.3, 0.4) is 0 Å². The van der Waals surface area contributed by atoms with Crippen LogP contribution in [0.15, 0.2) is 24.3 Å². The number of methoxy groups -OCH3 is 1. The molecule has 3 aliphatic carbocycles. The van der Waals surface area contributed by atoms with Crippen LogP contribution in [-0.4, -0.2) is 24.1 Å². The Bertz CT molecular complexity index is 592. The topological polar surface area (TPSA) is 75.6 Å². The molecule has 3 fully saturated rings. The number of carboxylic acid groups (broad SMARTS) is 1. The van der Waals surface area contributed by atoms with E-state index in [1.54, 1.807) is 7.11 Å². The first-order valence-corrected chi connectivity index (χ1v) is 8.24. The molecule has 0 spiro atoms. The molecule has 0 saturated heterocycles. The van der Waals surface area contributed by atoms with E-state index in [0.29, 0.717) is 6.54 Å². The number of para-hydroxylation sites is 1. The molecule has 23 heavy (non-hydrogen) atoms. The first-order chi connectivity index (χ1) is 11.1. The first kappa shape index (κ1) is 15.8. The summed E-state index contributed by atoms with van der Waals surface area (Å²) >= 11 is 0. The van der Waals surface area contributed by atoms with Crippen LogP contribution in [0.2, 0.25) is 0 Å². The number of hydrogen-bond donors (Lipinski definition) is 2. The van der Waals surface area contributed by atoms with Gasteiger partial charge in [-0.25, -0.2) is 0 Å². The summed E-state index contributed by atoms with van der Waals surface area (Å²) in [5.41, 5.74) is 0.899. The van der Waals surface area contributed by atoms with Crippen LogP contribution in [0.25, 0.3) is 0 Å². The van der Waals surface area contributed by atoms with Crippen LogP contribution in [0.1, 0.15) is 31.2 Å².